The van der Waals surface area contributed by atoms with Crippen molar-refractivity contribution in [3.63, 3.8) is 0 Å². The maximum Gasteiger partial charge on any atom is 0.328 e. The van der Waals surface area contributed by atoms with E-state index in [1.165, 1.54) is 6.92 Å². The van der Waals surface area contributed by atoms with E-state index in [1.54, 1.807) is 20.0 Å². The number of fused-ring (bicyclic) bond motifs is 1. The number of nitrogens with two attached hydrogens (primary N) is 1. The van der Waals surface area contributed by atoms with Gasteiger partial charge in [-0.2, -0.15) is 0 Å². The molecular weight excluding hydrogens is 458 g/mol. The molecule has 1 heterocycles. The molecule has 0 aliphatic carbocycles. The van der Waals surface area contributed by atoms with Crippen molar-refractivity contribution < 1.29 is 34.5 Å². The zero-order valence-corrected chi connectivity index (χ0v) is 19.8. The van der Waals surface area contributed by atoms with Crippen LogP contribution in [-0.4, -0.2) is 80.9 Å². The topological polar surface area (TPSA) is 207 Å². The molecule has 3 amide bonds. The summed E-state index contributed by atoms with van der Waals surface area (Å²) in [7, 11) is 0. The van der Waals surface area contributed by atoms with E-state index in [0.717, 1.165) is 16.5 Å². The summed E-state index contributed by atoms with van der Waals surface area (Å²) in [4.78, 5) is 52.3. The molecule has 0 bridgehead atoms. The predicted molar refractivity (Wildman–Crippen MR) is 127 cm³/mol. The fraction of sp³-hybridized carbons (Fsp3) is 0.478. The average molecular weight is 492 g/mol. The number of aromatic nitrogens is 1. The molecule has 0 saturated heterocycles. The second-order valence-corrected chi connectivity index (χ2v) is 8.71. The van der Waals surface area contributed by atoms with E-state index in [-0.39, 0.29) is 6.42 Å². The highest BCUT2D eigenvalue weighted by atomic mass is 16.4. The molecule has 5 atom stereocenters. The summed E-state index contributed by atoms with van der Waals surface area (Å²) in [5, 5.41) is 36.0. The first kappa shape index (κ1) is 27.8. The average Bonchev–Trinajstić information content (AvgIpc) is 3.20. The predicted octanol–water partition coefficient (Wildman–Crippen LogP) is -1.39. The van der Waals surface area contributed by atoms with Crippen LogP contribution in [0.3, 0.4) is 0 Å². The van der Waals surface area contributed by atoms with Crippen LogP contribution >= 0.6 is 0 Å². The molecule has 12 heteroatoms. The number of aliphatic carboxylic acids is 1. The molecular formula is C23H33N5O7. The molecule has 0 spiro atoms. The summed E-state index contributed by atoms with van der Waals surface area (Å²) in [5.74, 6) is -4.22. The molecule has 0 saturated carbocycles. The number of benzene rings is 1. The van der Waals surface area contributed by atoms with Crippen LogP contribution in [0.4, 0.5) is 0 Å². The SMILES string of the molecule is CC(C)C(NC(=O)C(N)Cc1c[nH]c2ccccc12)C(=O)NC(C(=O)NC(CO)C(=O)O)C(C)O. The summed E-state index contributed by atoms with van der Waals surface area (Å²) in [6.45, 7) is 3.72. The van der Waals surface area contributed by atoms with Crippen molar-refractivity contribution in [3.05, 3.63) is 36.0 Å². The lowest BCUT2D eigenvalue weighted by atomic mass is 10.00. The molecule has 5 unspecified atom stereocenters. The maximum absolute atomic E-state index is 12.9. The Bertz CT molecular complexity index is 1050. The van der Waals surface area contributed by atoms with Crippen molar-refractivity contribution in [1.82, 2.24) is 20.9 Å². The number of carbonyl (C=O) groups excluding carboxylic acids is 3. The smallest absolute Gasteiger partial charge is 0.328 e. The quantitative estimate of drug-likeness (QED) is 0.177. The van der Waals surface area contributed by atoms with Crippen molar-refractivity contribution in [2.75, 3.05) is 6.61 Å². The van der Waals surface area contributed by atoms with Crippen LogP contribution < -0.4 is 21.7 Å². The zero-order valence-electron chi connectivity index (χ0n) is 19.8. The van der Waals surface area contributed by atoms with E-state index in [9.17, 15) is 24.3 Å². The van der Waals surface area contributed by atoms with Gasteiger partial charge in [0, 0.05) is 17.1 Å². The minimum absolute atomic E-state index is 0.221. The molecule has 9 N–H and O–H groups in total. The normalized spacial score (nSPS) is 15.6. The highest BCUT2D eigenvalue weighted by Crippen LogP contribution is 2.19. The third-order valence-electron chi connectivity index (χ3n) is 5.56. The van der Waals surface area contributed by atoms with E-state index in [1.807, 2.05) is 29.6 Å². The first-order valence-electron chi connectivity index (χ1n) is 11.2. The lowest BCUT2D eigenvalue weighted by Crippen LogP contribution is -2.61. The van der Waals surface area contributed by atoms with Gasteiger partial charge in [-0.15, -0.1) is 0 Å². The number of hydrogen-bond acceptors (Lipinski definition) is 7. The molecule has 2 aromatic rings. The number of carboxylic acid groups (broad SMARTS) is 1. The van der Waals surface area contributed by atoms with Crippen LogP contribution in [0, 0.1) is 5.92 Å². The van der Waals surface area contributed by atoms with Crippen LogP contribution in [0.1, 0.15) is 26.3 Å². The molecule has 0 aliphatic heterocycles. The summed E-state index contributed by atoms with van der Waals surface area (Å²) in [5.41, 5.74) is 7.85. The zero-order chi connectivity index (χ0) is 26.3. The summed E-state index contributed by atoms with van der Waals surface area (Å²) in [6, 6.07) is 2.39. The fourth-order valence-electron chi connectivity index (χ4n) is 3.52. The molecule has 12 nitrogen and oxygen atoms in total. The molecule has 1 aromatic carbocycles. The number of aliphatic hydroxyl groups is 2. The Morgan fingerprint density at radius 2 is 1.57 bits per heavy atom. The second kappa shape index (κ2) is 12.3. The Morgan fingerprint density at radius 3 is 2.14 bits per heavy atom. The Balaban J connectivity index is 2.07. The van der Waals surface area contributed by atoms with Gasteiger partial charge in [0.05, 0.1) is 18.8 Å². The van der Waals surface area contributed by atoms with Gasteiger partial charge in [-0.1, -0.05) is 32.0 Å². The van der Waals surface area contributed by atoms with Gasteiger partial charge in [-0.3, -0.25) is 14.4 Å². The van der Waals surface area contributed by atoms with E-state index in [0.29, 0.717) is 0 Å². The van der Waals surface area contributed by atoms with Gasteiger partial charge < -0.3 is 42.0 Å². The van der Waals surface area contributed by atoms with Crippen molar-refractivity contribution in [2.45, 2.75) is 57.5 Å². The maximum atomic E-state index is 12.9. The highest BCUT2D eigenvalue weighted by Gasteiger charge is 2.33. The van der Waals surface area contributed by atoms with Crippen molar-refractivity contribution >= 4 is 34.6 Å². The molecule has 192 valence electrons. The first-order chi connectivity index (χ1) is 16.5. The van der Waals surface area contributed by atoms with E-state index >= 15 is 0 Å². The van der Waals surface area contributed by atoms with Crippen LogP contribution in [0.2, 0.25) is 0 Å². The monoisotopic (exact) mass is 491 g/mol. The lowest BCUT2D eigenvalue weighted by Gasteiger charge is -2.27. The largest absolute Gasteiger partial charge is 0.480 e. The van der Waals surface area contributed by atoms with Crippen molar-refractivity contribution in [2.24, 2.45) is 11.7 Å². The van der Waals surface area contributed by atoms with Gasteiger partial charge >= 0.3 is 5.97 Å². The number of H-pyrrole nitrogens is 1. The molecule has 2 rings (SSSR count). The fourth-order valence-corrected chi connectivity index (χ4v) is 3.52. The molecule has 0 aliphatic rings. The lowest BCUT2D eigenvalue weighted by molar-refractivity contribution is -0.144. The third-order valence-corrected chi connectivity index (χ3v) is 5.56. The number of aliphatic hydroxyl groups excluding tert-OH is 2. The number of rotatable bonds is 12. The Labute approximate surface area is 202 Å². The number of carbonyl (C=O) groups is 4. The second-order valence-electron chi connectivity index (χ2n) is 8.71. The number of nitrogens with one attached hydrogen (secondary N) is 4. The standard InChI is InChI=1S/C23H33N5O7/c1-11(2)18(21(32)28-19(12(3)30)22(33)26-17(10-29)23(34)35)27-20(31)15(24)8-13-9-25-16-7-5-4-6-14(13)16/h4-7,9,11-12,15,17-19,25,29-30H,8,10,24H2,1-3H3,(H,26,33)(H,27,31)(H,28,32)(H,34,35). The van der Waals surface area contributed by atoms with E-state index < -0.39 is 66.5 Å². The summed E-state index contributed by atoms with van der Waals surface area (Å²) >= 11 is 0. The molecule has 35 heavy (non-hydrogen) atoms. The first-order valence-corrected chi connectivity index (χ1v) is 11.2. The van der Waals surface area contributed by atoms with E-state index in [4.69, 9.17) is 15.9 Å². The van der Waals surface area contributed by atoms with Gasteiger partial charge in [-0.25, -0.2) is 4.79 Å². The molecule has 1 aromatic heterocycles. The summed E-state index contributed by atoms with van der Waals surface area (Å²) < 4.78 is 0. The highest BCUT2D eigenvalue weighted by molar-refractivity contribution is 5.94. The molecule has 0 fully saturated rings. The van der Waals surface area contributed by atoms with Crippen LogP contribution in [0.5, 0.6) is 0 Å². The Morgan fingerprint density at radius 1 is 0.971 bits per heavy atom. The number of carboxylic acids is 1. The van der Waals surface area contributed by atoms with Gasteiger partial charge in [0.15, 0.2) is 0 Å². The number of para-hydroxylation sites is 1. The van der Waals surface area contributed by atoms with Gasteiger partial charge in [0.2, 0.25) is 17.7 Å². The van der Waals surface area contributed by atoms with Crippen molar-refractivity contribution in [1.29, 1.82) is 0 Å². The number of amides is 3. The van der Waals surface area contributed by atoms with Gasteiger partial charge in [-0.05, 0) is 30.9 Å². The third kappa shape index (κ3) is 7.25. The number of hydrogen-bond donors (Lipinski definition) is 8. The number of aromatic amines is 1. The van der Waals surface area contributed by atoms with E-state index in [2.05, 4.69) is 15.6 Å². The van der Waals surface area contributed by atoms with Crippen LogP contribution in [0.15, 0.2) is 30.5 Å². The summed E-state index contributed by atoms with van der Waals surface area (Å²) in [6.07, 6.45) is 0.603. The Kier molecular flexibility index (Phi) is 9.75. The minimum atomic E-state index is -1.61. The van der Waals surface area contributed by atoms with Crippen molar-refractivity contribution in [3.8, 4) is 0 Å². The molecule has 0 radical (unpaired) electrons. The minimum Gasteiger partial charge on any atom is -0.480 e. The van der Waals surface area contributed by atoms with Crippen LogP contribution in [0.25, 0.3) is 10.9 Å². The van der Waals surface area contributed by atoms with Crippen LogP contribution in [-0.2, 0) is 25.6 Å². The van der Waals surface area contributed by atoms with Gasteiger partial charge in [0.1, 0.15) is 18.1 Å². The Hall–Kier alpha value is -3.48. The van der Waals surface area contributed by atoms with Gasteiger partial charge in [0.25, 0.3) is 0 Å².